The summed E-state index contributed by atoms with van der Waals surface area (Å²) in [6.07, 6.45) is 5.01. The fourth-order valence-electron chi connectivity index (χ4n) is 0.352. The van der Waals surface area contributed by atoms with Gasteiger partial charge in [0.25, 0.3) is 0 Å². The van der Waals surface area contributed by atoms with Gasteiger partial charge in [0.15, 0.2) is 5.01 Å². The van der Waals surface area contributed by atoms with Crippen molar-refractivity contribution in [2.75, 3.05) is 5.73 Å². The van der Waals surface area contributed by atoms with Crippen LogP contribution in [-0.2, 0) is 0 Å². The number of aromatic nitrogens is 1. The summed E-state index contributed by atoms with van der Waals surface area (Å²) in [5, 5.41) is 2.36. The molecule has 40 valence electrons. The molecule has 0 aliphatic rings. The molecule has 0 spiro atoms. The van der Waals surface area contributed by atoms with Crippen LogP contribution in [0, 0.1) is 12.3 Å². The van der Waals surface area contributed by atoms with Crippen molar-refractivity contribution in [1.29, 1.82) is 0 Å². The van der Waals surface area contributed by atoms with Gasteiger partial charge in [0.1, 0.15) is 5.82 Å². The first-order valence-corrected chi connectivity index (χ1v) is 2.88. The van der Waals surface area contributed by atoms with Gasteiger partial charge < -0.3 is 5.73 Å². The number of nitrogens with two attached hydrogens (primary N) is 1. The second-order valence-electron chi connectivity index (χ2n) is 1.22. The molecule has 3 heteroatoms. The standard InChI is InChI=1S/C5H4N2S/c1-2-5-7-4(6)3-8-5/h1,3H,6H2. The molecule has 0 aliphatic heterocycles. The zero-order valence-electron chi connectivity index (χ0n) is 4.09. The van der Waals surface area contributed by atoms with E-state index in [-0.39, 0.29) is 0 Å². The van der Waals surface area contributed by atoms with Gasteiger partial charge in [0.05, 0.1) is 0 Å². The van der Waals surface area contributed by atoms with Crippen molar-refractivity contribution in [1.82, 2.24) is 4.98 Å². The SMILES string of the molecule is C#Cc1nc(N)cs1. The van der Waals surface area contributed by atoms with E-state index < -0.39 is 0 Å². The number of nitrogen functional groups attached to an aromatic ring is 1. The molecular formula is C5H4N2S. The highest BCUT2D eigenvalue weighted by atomic mass is 32.1. The molecular weight excluding hydrogens is 120 g/mol. The van der Waals surface area contributed by atoms with Crippen LogP contribution in [0.25, 0.3) is 0 Å². The first-order chi connectivity index (χ1) is 3.83. The largest absolute Gasteiger partial charge is 0.383 e. The summed E-state index contributed by atoms with van der Waals surface area (Å²) >= 11 is 1.38. The maximum atomic E-state index is 5.26. The van der Waals surface area contributed by atoms with E-state index in [1.165, 1.54) is 11.3 Å². The molecule has 0 radical (unpaired) electrons. The highest BCUT2D eigenvalue weighted by Gasteiger charge is 1.90. The van der Waals surface area contributed by atoms with Crippen LogP contribution in [0.3, 0.4) is 0 Å². The number of terminal acetylenes is 1. The highest BCUT2D eigenvalue weighted by molar-refractivity contribution is 7.10. The molecule has 0 fully saturated rings. The summed E-state index contributed by atoms with van der Waals surface area (Å²) in [4.78, 5) is 3.79. The molecule has 0 aromatic carbocycles. The Morgan fingerprint density at radius 1 is 1.88 bits per heavy atom. The second-order valence-corrected chi connectivity index (χ2v) is 2.08. The van der Waals surface area contributed by atoms with Crippen molar-refractivity contribution >= 4 is 17.2 Å². The third kappa shape index (κ3) is 0.796. The summed E-state index contributed by atoms with van der Waals surface area (Å²) in [7, 11) is 0. The molecule has 1 heterocycles. The third-order valence-electron chi connectivity index (χ3n) is 0.645. The Bertz CT molecular complexity index is 221. The lowest BCUT2D eigenvalue weighted by Crippen LogP contribution is -1.82. The first kappa shape index (κ1) is 5.13. The minimum Gasteiger partial charge on any atom is -0.383 e. The maximum absolute atomic E-state index is 5.26. The van der Waals surface area contributed by atoms with Crippen LogP contribution < -0.4 is 5.73 Å². The zero-order valence-corrected chi connectivity index (χ0v) is 4.90. The van der Waals surface area contributed by atoms with Crippen LogP contribution in [0.1, 0.15) is 5.01 Å². The molecule has 1 aromatic rings. The minimum atomic E-state index is 0.503. The Balaban J connectivity index is 3.05. The minimum absolute atomic E-state index is 0.503. The smallest absolute Gasteiger partial charge is 0.168 e. The van der Waals surface area contributed by atoms with Gasteiger partial charge in [0.2, 0.25) is 0 Å². The van der Waals surface area contributed by atoms with Crippen LogP contribution in [0.4, 0.5) is 5.82 Å². The molecule has 0 unspecified atom stereocenters. The van der Waals surface area contributed by atoms with E-state index in [1.807, 2.05) is 0 Å². The van der Waals surface area contributed by atoms with Gasteiger partial charge in [-0.3, -0.25) is 0 Å². The Morgan fingerprint density at radius 3 is 2.88 bits per heavy atom. The Hall–Kier alpha value is -1.01. The highest BCUT2D eigenvalue weighted by Crippen LogP contribution is 2.07. The number of rotatable bonds is 0. The van der Waals surface area contributed by atoms with Crippen molar-refractivity contribution in [2.24, 2.45) is 0 Å². The first-order valence-electron chi connectivity index (χ1n) is 2.00. The number of hydrogen-bond acceptors (Lipinski definition) is 3. The fraction of sp³-hybridized carbons (Fsp3) is 0. The van der Waals surface area contributed by atoms with Gasteiger partial charge in [-0.25, -0.2) is 4.98 Å². The molecule has 0 aliphatic carbocycles. The molecule has 2 nitrogen and oxygen atoms in total. The summed E-state index contributed by atoms with van der Waals surface area (Å²) in [6, 6.07) is 0. The molecule has 0 bridgehead atoms. The predicted molar refractivity (Wildman–Crippen MR) is 34.5 cm³/mol. The summed E-state index contributed by atoms with van der Waals surface area (Å²) in [6.45, 7) is 0. The van der Waals surface area contributed by atoms with Crippen LogP contribution in [0.2, 0.25) is 0 Å². The number of anilines is 1. The van der Waals surface area contributed by atoms with E-state index in [1.54, 1.807) is 5.38 Å². The van der Waals surface area contributed by atoms with Gasteiger partial charge in [-0.1, -0.05) is 0 Å². The van der Waals surface area contributed by atoms with Crippen LogP contribution in [0.15, 0.2) is 5.38 Å². The van der Waals surface area contributed by atoms with Gasteiger partial charge in [-0.15, -0.1) is 17.8 Å². The average Bonchev–Trinajstić information content (AvgIpc) is 2.14. The number of hydrogen-bond donors (Lipinski definition) is 1. The Labute approximate surface area is 51.4 Å². The van der Waals surface area contributed by atoms with Crippen molar-refractivity contribution in [3.05, 3.63) is 10.4 Å². The van der Waals surface area contributed by atoms with Crippen molar-refractivity contribution in [3.63, 3.8) is 0 Å². The molecule has 0 saturated carbocycles. The Kier molecular flexibility index (Phi) is 1.18. The molecule has 8 heavy (non-hydrogen) atoms. The topological polar surface area (TPSA) is 38.9 Å². The van der Waals surface area contributed by atoms with E-state index in [2.05, 4.69) is 10.9 Å². The molecule has 0 atom stereocenters. The summed E-state index contributed by atoms with van der Waals surface area (Å²) in [5.41, 5.74) is 5.26. The monoisotopic (exact) mass is 124 g/mol. The van der Waals surface area contributed by atoms with E-state index in [0.717, 1.165) is 0 Å². The quantitative estimate of drug-likeness (QED) is 0.517. The Morgan fingerprint density at radius 2 is 2.62 bits per heavy atom. The number of nitrogens with zero attached hydrogens (tertiary/aromatic N) is 1. The normalized spacial score (nSPS) is 8.38. The molecule has 1 rings (SSSR count). The van der Waals surface area contributed by atoms with E-state index in [4.69, 9.17) is 12.2 Å². The third-order valence-corrected chi connectivity index (χ3v) is 1.44. The molecule has 1 aromatic heterocycles. The van der Waals surface area contributed by atoms with Crippen LogP contribution in [-0.4, -0.2) is 4.98 Å². The lowest BCUT2D eigenvalue weighted by molar-refractivity contribution is 1.39. The van der Waals surface area contributed by atoms with E-state index >= 15 is 0 Å². The number of thiazole rings is 1. The molecule has 0 amide bonds. The molecule has 2 N–H and O–H groups in total. The second kappa shape index (κ2) is 1.85. The predicted octanol–water partition coefficient (Wildman–Crippen LogP) is 0.707. The van der Waals surface area contributed by atoms with Gasteiger partial charge >= 0.3 is 0 Å². The summed E-state index contributed by atoms with van der Waals surface area (Å²) < 4.78 is 0. The van der Waals surface area contributed by atoms with Gasteiger partial charge in [-0.05, 0) is 5.92 Å². The van der Waals surface area contributed by atoms with Crippen molar-refractivity contribution in [2.45, 2.75) is 0 Å². The van der Waals surface area contributed by atoms with Crippen molar-refractivity contribution in [3.8, 4) is 12.3 Å². The zero-order chi connectivity index (χ0) is 5.98. The van der Waals surface area contributed by atoms with Crippen LogP contribution in [0.5, 0.6) is 0 Å². The maximum Gasteiger partial charge on any atom is 0.168 e. The van der Waals surface area contributed by atoms with Crippen molar-refractivity contribution < 1.29 is 0 Å². The molecule has 0 saturated heterocycles. The summed E-state index contributed by atoms with van der Waals surface area (Å²) in [5.74, 6) is 2.88. The lowest BCUT2D eigenvalue weighted by Gasteiger charge is -1.72. The lowest BCUT2D eigenvalue weighted by atomic mass is 10.7. The van der Waals surface area contributed by atoms with Crippen LogP contribution >= 0.6 is 11.3 Å². The average molecular weight is 124 g/mol. The van der Waals surface area contributed by atoms with Gasteiger partial charge in [-0.2, -0.15) is 0 Å². The van der Waals surface area contributed by atoms with E-state index in [0.29, 0.717) is 10.8 Å². The van der Waals surface area contributed by atoms with Gasteiger partial charge in [0, 0.05) is 5.38 Å². The fourth-order valence-corrected chi connectivity index (χ4v) is 0.864. The van der Waals surface area contributed by atoms with E-state index in [9.17, 15) is 0 Å².